The molecule has 0 bridgehead atoms. The molecule has 0 saturated carbocycles. The summed E-state index contributed by atoms with van der Waals surface area (Å²) in [5.74, 6) is -0.191. The van der Waals surface area contributed by atoms with Gasteiger partial charge in [0.05, 0.1) is 19.1 Å². The van der Waals surface area contributed by atoms with Crippen LogP contribution in [0.5, 0.6) is 0 Å². The summed E-state index contributed by atoms with van der Waals surface area (Å²) in [6.45, 7) is 2.22. The lowest BCUT2D eigenvalue weighted by Gasteiger charge is -2.22. The molecule has 3 nitrogen and oxygen atoms in total. The normalized spacial score (nSPS) is 36.0. The van der Waals surface area contributed by atoms with Gasteiger partial charge in [-0.2, -0.15) is 0 Å². The lowest BCUT2D eigenvalue weighted by molar-refractivity contribution is -0.155. The number of aliphatic hydroxyl groups is 1. The Morgan fingerprint density at radius 2 is 2.44 bits per heavy atom. The lowest BCUT2D eigenvalue weighted by Crippen LogP contribution is -2.32. The van der Waals surface area contributed by atoms with Crippen molar-refractivity contribution in [3.63, 3.8) is 0 Å². The van der Waals surface area contributed by atoms with E-state index in [1.165, 1.54) is 0 Å². The second kappa shape index (κ2) is 2.35. The molecule has 1 fully saturated rings. The van der Waals surface area contributed by atoms with Gasteiger partial charge in [0.2, 0.25) is 0 Å². The average molecular weight is 130 g/mol. The summed E-state index contributed by atoms with van der Waals surface area (Å²) < 4.78 is 4.66. The summed E-state index contributed by atoms with van der Waals surface area (Å²) in [6.07, 6.45) is -0.340. The van der Waals surface area contributed by atoms with E-state index in [2.05, 4.69) is 4.74 Å². The molecule has 0 aromatic rings. The van der Waals surface area contributed by atoms with Crippen molar-refractivity contribution in [2.45, 2.75) is 19.4 Å². The molecule has 0 amide bonds. The third-order valence-corrected chi connectivity index (χ3v) is 1.54. The van der Waals surface area contributed by atoms with Crippen molar-refractivity contribution in [1.82, 2.24) is 0 Å². The molecule has 0 aromatic heterocycles. The van der Waals surface area contributed by atoms with Crippen molar-refractivity contribution in [3.05, 3.63) is 0 Å². The SMILES string of the molecule is C[C@H]1COC(=O)C[C@H]1O. The Morgan fingerprint density at radius 3 is 2.89 bits per heavy atom. The molecule has 9 heavy (non-hydrogen) atoms. The summed E-state index contributed by atoms with van der Waals surface area (Å²) in [5, 5.41) is 9.05. The van der Waals surface area contributed by atoms with E-state index in [1.807, 2.05) is 6.92 Å². The van der Waals surface area contributed by atoms with Crippen LogP contribution in [0.4, 0.5) is 0 Å². The van der Waals surface area contributed by atoms with Gasteiger partial charge < -0.3 is 9.84 Å². The molecule has 52 valence electrons. The maximum Gasteiger partial charge on any atom is 0.308 e. The number of hydrogen-bond donors (Lipinski definition) is 1. The average Bonchev–Trinajstić information content (AvgIpc) is 1.80. The van der Waals surface area contributed by atoms with E-state index in [4.69, 9.17) is 5.11 Å². The van der Waals surface area contributed by atoms with Gasteiger partial charge in [-0.3, -0.25) is 4.79 Å². The number of aliphatic hydroxyl groups excluding tert-OH is 1. The highest BCUT2D eigenvalue weighted by Gasteiger charge is 2.24. The number of cyclic esters (lactones) is 1. The number of rotatable bonds is 0. The van der Waals surface area contributed by atoms with Gasteiger partial charge in [0.15, 0.2) is 0 Å². The molecule has 0 spiro atoms. The maximum absolute atomic E-state index is 10.4. The van der Waals surface area contributed by atoms with Crippen molar-refractivity contribution in [1.29, 1.82) is 0 Å². The number of carbonyl (C=O) groups excluding carboxylic acids is 1. The van der Waals surface area contributed by atoms with Crippen LogP contribution in [0.15, 0.2) is 0 Å². The highest BCUT2D eigenvalue weighted by atomic mass is 16.5. The lowest BCUT2D eigenvalue weighted by atomic mass is 10.0. The van der Waals surface area contributed by atoms with Crippen LogP contribution in [0.3, 0.4) is 0 Å². The molecule has 0 aliphatic carbocycles. The molecule has 1 aliphatic rings. The van der Waals surface area contributed by atoms with Crippen LogP contribution in [0.25, 0.3) is 0 Å². The second-order valence-electron chi connectivity index (χ2n) is 2.43. The first kappa shape index (κ1) is 6.55. The maximum atomic E-state index is 10.4. The largest absolute Gasteiger partial charge is 0.465 e. The van der Waals surface area contributed by atoms with E-state index < -0.39 is 6.10 Å². The first-order chi connectivity index (χ1) is 4.20. The monoisotopic (exact) mass is 130 g/mol. The number of carbonyl (C=O) groups is 1. The number of ether oxygens (including phenoxy) is 1. The van der Waals surface area contributed by atoms with Crippen LogP contribution in [0, 0.1) is 5.92 Å². The van der Waals surface area contributed by atoms with Gasteiger partial charge in [-0.25, -0.2) is 0 Å². The third kappa shape index (κ3) is 1.42. The Kier molecular flexibility index (Phi) is 1.71. The molecule has 2 atom stereocenters. The van der Waals surface area contributed by atoms with Gasteiger partial charge in [-0.05, 0) is 0 Å². The van der Waals surface area contributed by atoms with E-state index >= 15 is 0 Å². The van der Waals surface area contributed by atoms with Crippen molar-refractivity contribution < 1.29 is 14.6 Å². The van der Waals surface area contributed by atoms with Gasteiger partial charge >= 0.3 is 5.97 Å². The minimum Gasteiger partial charge on any atom is -0.465 e. The molecule has 1 aliphatic heterocycles. The Hall–Kier alpha value is -0.570. The van der Waals surface area contributed by atoms with Crippen LogP contribution < -0.4 is 0 Å². The molecule has 1 heterocycles. The van der Waals surface area contributed by atoms with Gasteiger partial charge in [0, 0.05) is 5.92 Å². The zero-order valence-corrected chi connectivity index (χ0v) is 5.33. The Bertz CT molecular complexity index is 121. The minimum absolute atomic E-state index is 0.0997. The first-order valence-electron chi connectivity index (χ1n) is 3.04. The Balaban J connectivity index is 2.44. The van der Waals surface area contributed by atoms with Crippen LogP contribution >= 0.6 is 0 Å². The van der Waals surface area contributed by atoms with Crippen LogP contribution in [-0.4, -0.2) is 23.8 Å². The van der Waals surface area contributed by atoms with Crippen LogP contribution in [-0.2, 0) is 9.53 Å². The highest BCUT2D eigenvalue weighted by Crippen LogP contribution is 2.13. The summed E-state index contributed by atoms with van der Waals surface area (Å²) in [5.41, 5.74) is 0. The summed E-state index contributed by atoms with van der Waals surface area (Å²) >= 11 is 0. The molecule has 1 saturated heterocycles. The molecule has 1 N–H and O–H groups in total. The van der Waals surface area contributed by atoms with Crippen molar-refractivity contribution in [2.75, 3.05) is 6.61 Å². The van der Waals surface area contributed by atoms with Gasteiger partial charge in [-0.1, -0.05) is 6.92 Å². The topological polar surface area (TPSA) is 46.5 Å². The van der Waals surface area contributed by atoms with Crippen molar-refractivity contribution in [2.24, 2.45) is 5.92 Å². The van der Waals surface area contributed by atoms with Gasteiger partial charge in [-0.15, -0.1) is 0 Å². The quantitative estimate of drug-likeness (QED) is 0.467. The van der Waals surface area contributed by atoms with Crippen molar-refractivity contribution >= 4 is 5.97 Å². The summed E-state index contributed by atoms with van der Waals surface area (Å²) in [6, 6.07) is 0. The van der Waals surface area contributed by atoms with E-state index in [1.54, 1.807) is 0 Å². The highest BCUT2D eigenvalue weighted by molar-refractivity contribution is 5.70. The van der Waals surface area contributed by atoms with E-state index in [0.29, 0.717) is 6.61 Å². The minimum atomic E-state index is -0.494. The molecule has 0 radical (unpaired) electrons. The van der Waals surface area contributed by atoms with E-state index in [-0.39, 0.29) is 18.3 Å². The fourth-order valence-corrected chi connectivity index (χ4v) is 0.766. The molecular weight excluding hydrogens is 120 g/mol. The van der Waals surface area contributed by atoms with Crippen LogP contribution in [0.1, 0.15) is 13.3 Å². The number of esters is 1. The molecular formula is C6H10O3. The van der Waals surface area contributed by atoms with Gasteiger partial charge in [0.25, 0.3) is 0 Å². The van der Waals surface area contributed by atoms with Crippen LogP contribution in [0.2, 0.25) is 0 Å². The Morgan fingerprint density at radius 1 is 1.78 bits per heavy atom. The number of hydrogen-bond acceptors (Lipinski definition) is 3. The zero-order chi connectivity index (χ0) is 6.85. The molecule has 1 rings (SSSR count). The fourth-order valence-electron chi connectivity index (χ4n) is 0.766. The zero-order valence-electron chi connectivity index (χ0n) is 5.33. The summed E-state index contributed by atoms with van der Waals surface area (Å²) in [4.78, 5) is 10.4. The van der Waals surface area contributed by atoms with Crippen molar-refractivity contribution in [3.8, 4) is 0 Å². The standard InChI is InChI=1S/C6H10O3/c1-4-3-9-6(8)2-5(4)7/h4-5,7H,2-3H2,1H3/t4-,5+/m0/s1. The third-order valence-electron chi connectivity index (χ3n) is 1.54. The fraction of sp³-hybridized carbons (Fsp3) is 0.833. The molecule has 0 aromatic carbocycles. The predicted molar refractivity (Wildman–Crippen MR) is 30.7 cm³/mol. The summed E-state index contributed by atoms with van der Waals surface area (Å²) in [7, 11) is 0. The van der Waals surface area contributed by atoms with Gasteiger partial charge in [0.1, 0.15) is 0 Å². The molecule has 0 unspecified atom stereocenters. The second-order valence-corrected chi connectivity index (χ2v) is 2.43. The van der Waals surface area contributed by atoms with E-state index in [9.17, 15) is 4.79 Å². The smallest absolute Gasteiger partial charge is 0.308 e. The van der Waals surface area contributed by atoms with E-state index in [0.717, 1.165) is 0 Å². The predicted octanol–water partition coefficient (Wildman–Crippen LogP) is -0.0697. The first-order valence-corrected chi connectivity index (χ1v) is 3.04. The Labute approximate surface area is 53.6 Å². The molecule has 3 heteroatoms.